The Kier molecular flexibility index (Phi) is 5.84. The summed E-state index contributed by atoms with van der Waals surface area (Å²) in [5, 5.41) is 11.8. The van der Waals surface area contributed by atoms with E-state index in [2.05, 4.69) is 4.98 Å². The fraction of sp³-hybridized carbons (Fsp3) is 0.312. The summed E-state index contributed by atoms with van der Waals surface area (Å²) < 4.78 is 4.98. The fourth-order valence-electron chi connectivity index (χ4n) is 2.15. The number of methoxy groups -OCH3 is 1. The van der Waals surface area contributed by atoms with E-state index in [1.807, 2.05) is 30.3 Å². The molecule has 122 valence electrons. The predicted octanol–water partition coefficient (Wildman–Crippen LogP) is 2.06. The summed E-state index contributed by atoms with van der Waals surface area (Å²) >= 11 is 1.31. The average Bonchev–Trinajstić information content (AvgIpc) is 3.01. The highest BCUT2D eigenvalue weighted by molar-refractivity contribution is 7.09. The molecule has 0 fully saturated rings. The highest BCUT2D eigenvalue weighted by Crippen LogP contribution is 2.15. The topological polar surface area (TPSA) is 79.7 Å². The first kappa shape index (κ1) is 17.1. The van der Waals surface area contributed by atoms with Crippen LogP contribution in [0.5, 0.6) is 0 Å². The molecule has 1 aromatic heterocycles. The second kappa shape index (κ2) is 7.85. The lowest BCUT2D eigenvalue weighted by Crippen LogP contribution is -2.44. The molecule has 2 aromatic rings. The van der Waals surface area contributed by atoms with Gasteiger partial charge >= 0.3 is 5.97 Å². The van der Waals surface area contributed by atoms with Crippen LogP contribution < -0.4 is 0 Å². The van der Waals surface area contributed by atoms with Gasteiger partial charge in [-0.05, 0) is 5.56 Å². The molecular formula is C16H18N2O4S. The van der Waals surface area contributed by atoms with E-state index in [0.29, 0.717) is 11.6 Å². The molecule has 1 atom stereocenters. The van der Waals surface area contributed by atoms with Crippen molar-refractivity contribution in [2.75, 3.05) is 14.2 Å². The van der Waals surface area contributed by atoms with E-state index in [1.165, 1.54) is 23.3 Å². The molecule has 1 heterocycles. The number of rotatable bonds is 7. The molecule has 0 saturated heterocycles. The molecule has 0 saturated carbocycles. The van der Waals surface area contributed by atoms with Crippen molar-refractivity contribution in [3.63, 3.8) is 0 Å². The molecule has 2 rings (SSSR count). The average molecular weight is 334 g/mol. The van der Waals surface area contributed by atoms with Crippen LogP contribution in [0.2, 0.25) is 0 Å². The summed E-state index contributed by atoms with van der Waals surface area (Å²) in [5.74, 6) is -1.45. The van der Waals surface area contributed by atoms with Gasteiger partial charge in [-0.2, -0.15) is 0 Å². The molecule has 0 aliphatic rings. The van der Waals surface area contributed by atoms with Gasteiger partial charge in [-0.1, -0.05) is 30.3 Å². The Morgan fingerprint density at radius 1 is 1.35 bits per heavy atom. The van der Waals surface area contributed by atoms with Gasteiger partial charge in [0.2, 0.25) is 0 Å². The molecule has 0 spiro atoms. The van der Waals surface area contributed by atoms with Gasteiger partial charge in [0.25, 0.3) is 5.91 Å². The van der Waals surface area contributed by atoms with Crippen LogP contribution in [0.4, 0.5) is 0 Å². The van der Waals surface area contributed by atoms with Crippen molar-refractivity contribution in [1.82, 2.24) is 9.88 Å². The van der Waals surface area contributed by atoms with Gasteiger partial charge in [0.15, 0.2) is 0 Å². The third kappa shape index (κ3) is 4.37. The summed E-state index contributed by atoms with van der Waals surface area (Å²) in [6.07, 6.45) is 0.244. The normalized spacial score (nSPS) is 11.9. The number of hydrogen-bond acceptors (Lipinski definition) is 5. The Bertz CT molecular complexity index is 672. The van der Waals surface area contributed by atoms with Crippen molar-refractivity contribution in [3.05, 3.63) is 52.0 Å². The maximum Gasteiger partial charge on any atom is 0.326 e. The Labute approximate surface area is 138 Å². The van der Waals surface area contributed by atoms with E-state index in [4.69, 9.17) is 4.74 Å². The molecule has 1 N–H and O–H groups in total. The van der Waals surface area contributed by atoms with E-state index in [-0.39, 0.29) is 12.1 Å². The number of aliphatic carboxylic acids is 1. The van der Waals surface area contributed by atoms with Crippen LogP contribution in [0.15, 0.2) is 35.7 Å². The highest BCUT2D eigenvalue weighted by atomic mass is 32.1. The largest absolute Gasteiger partial charge is 0.480 e. The number of carbonyl (C=O) groups is 2. The number of nitrogens with zero attached hydrogens (tertiary/aromatic N) is 2. The van der Waals surface area contributed by atoms with Crippen molar-refractivity contribution >= 4 is 23.2 Å². The fourth-order valence-corrected chi connectivity index (χ4v) is 2.89. The van der Waals surface area contributed by atoms with Crippen LogP contribution >= 0.6 is 11.3 Å². The van der Waals surface area contributed by atoms with Gasteiger partial charge in [-0.3, -0.25) is 4.79 Å². The molecule has 6 nitrogen and oxygen atoms in total. The first-order chi connectivity index (χ1) is 11.0. The molecule has 0 bridgehead atoms. The van der Waals surface area contributed by atoms with Gasteiger partial charge in [0.05, 0.1) is 6.61 Å². The second-order valence-corrected chi connectivity index (χ2v) is 5.96. The van der Waals surface area contributed by atoms with Crippen molar-refractivity contribution < 1.29 is 19.4 Å². The number of carboxylic acids is 1. The minimum Gasteiger partial charge on any atom is -0.480 e. The number of aromatic nitrogens is 1. The minimum atomic E-state index is -1.04. The number of benzene rings is 1. The van der Waals surface area contributed by atoms with Gasteiger partial charge < -0.3 is 14.7 Å². The van der Waals surface area contributed by atoms with E-state index >= 15 is 0 Å². The van der Waals surface area contributed by atoms with Crippen molar-refractivity contribution in [2.24, 2.45) is 0 Å². The van der Waals surface area contributed by atoms with Gasteiger partial charge in [0, 0.05) is 26.0 Å². The summed E-state index contributed by atoms with van der Waals surface area (Å²) in [7, 11) is 3.04. The van der Waals surface area contributed by atoms with E-state index in [0.717, 1.165) is 5.56 Å². The van der Waals surface area contributed by atoms with Crippen LogP contribution in [0.25, 0.3) is 0 Å². The Morgan fingerprint density at radius 3 is 2.65 bits per heavy atom. The lowest BCUT2D eigenvalue weighted by Gasteiger charge is -2.24. The molecule has 0 aliphatic carbocycles. The van der Waals surface area contributed by atoms with Gasteiger partial charge in [-0.15, -0.1) is 11.3 Å². The minimum absolute atomic E-state index is 0.240. The molecule has 1 amide bonds. The molecule has 0 aliphatic heterocycles. The Morgan fingerprint density at radius 2 is 2.04 bits per heavy atom. The summed E-state index contributed by atoms with van der Waals surface area (Å²) in [6, 6.07) is 8.28. The summed E-state index contributed by atoms with van der Waals surface area (Å²) in [6.45, 7) is 0.327. The zero-order valence-electron chi connectivity index (χ0n) is 12.9. The number of carbonyl (C=O) groups excluding carboxylic acids is 1. The Hall–Kier alpha value is -2.25. The lowest BCUT2D eigenvalue weighted by molar-refractivity contribution is -0.141. The number of hydrogen-bond donors (Lipinski definition) is 1. The van der Waals surface area contributed by atoms with Crippen molar-refractivity contribution in [1.29, 1.82) is 0 Å². The SMILES string of the molecule is COCc1nc(C(=O)N(C)C(Cc2ccccc2)C(=O)O)cs1. The standard InChI is InChI=1S/C16H18N2O4S/c1-18(15(19)12-10-23-14(17-12)9-22-2)13(16(20)21)8-11-6-4-3-5-7-11/h3-7,10,13H,8-9H2,1-2H3,(H,20,21). The number of ether oxygens (including phenoxy) is 1. The van der Waals surface area contributed by atoms with Gasteiger partial charge in [-0.25, -0.2) is 9.78 Å². The van der Waals surface area contributed by atoms with E-state index in [9.17, 15) is 14.7 Å². The summed E-state index contributed by atoms with van der Waals surface area (Å²) in [5.41, 5.74) is 1.10. The van der Waals surface area contributed by atoms with E-state index in [1.54, 1.807) is 12.5 Å². The highest BCUT2D eigenvalue weighted by Gasteiger charge is 2.28. The molecule has 0 radical (unpaired) electrons. The number of thiazole rings is 1. The number of carboxylic acid groups (broad SMARTS) is 1. The van der Waals surface area contributed by atoms with Gasteiger partial charge in [0.1, 0.15) is 16.7 Å². The monoisotopic (exact) mass is 334 g/mol. The first-order valence-electron chi connectivity index (χ1n) is 7.00. The molecule has 1 unspecified atom stereocenters. The predicted molar refractivity (Wildman–Crippen MR) is 86.5 cm³/mol. The lowest BCUT2D eigenvalue weighted by atomic mass is 10.0. The van der Waals surface area contributed by atoms with Crippen LogP contribution in [-0.2, 0) is 22.6 Å². The maximum absolute atomic E-state index is 12.5. The third-order valence-electron chi connectivity index (χ3n) is 3.38. The van der Waals surface area contributed by atoms with Crippen LogP contribution in [-0.4, -0.2) is 47.1 Å². The quantitative estimate of drug-likeness (QED) is 0.838. The second-order valence-electron chi connectivity index (χ2n) is 5.02. The van der Waals surface area contributed by atoms with Crippen LogP contribution in [0.3, 0.4) is 0 Å². The third-order valence-corrected chi connectivity index (χ3v) is 4.21. The van der Waals surface area contributed by atoms with Crippen LogP contribution in [0, 0.1) is 0 Å². The first-order valence-corrected chi connectivity index (χ1v) is 7.88. The Balaban J connectivity index is 2.14. The van der Waals surface area contributed by atoms with Crippen molar-refractivity contribution in [3.8, 4) is 0 Å². The zero-order chi connectivity index (χ0) is 16.8. The molecule has 1 aromatic carbocycles. The molecule has 23 heavy (non-hydrogen) atoms. The molecular weight excluding hydrogens is 316 g/mol. The van der Waals surface area contributed by atoms with Crippen molar-refractivity contribution in [2.45, 2.75) is 19.1 Å². The number of amides is 1. The van der Waals surface area contributed by atoms with Crippen LogP contribution in [0.1, 0.15) is 21.1 Å². The van der Waals surface area contributed by atoms with E-state index < -0.39 is 17.9 Å². The zero-order valence-corrected chi connectivity index (χ0v) is 13.7. The smallest absolute Gasteiger partial charge is 0.326 e. The maximum atomic E-state index is 12.5. The summed E-state index contributed by atoms with van der Waals surface area (Å²) in [4.78, 5) is 29.4. The number of likely N-dealkylation sites (N-methyl/N-ethyl adjacent to an activating group) is 1. The molecule has 7 heteroatoms.